The number of aryl methyl sites for hydroxylation is 1. The van der Waals surface area contributed by atoms with Gasteiger partial charge in [-0.1, -0.05) is 0 Å². The largest absolute Gasteiger partial charge is 0.347 e. The third-order valence-corrected chi connectivity index (χ3v) is 4.00. The number of aromatic amines is 1. The van der Waals surface area contributed by atoms with Crippen LogP contribution in [0.25, 0.3) is 0 Å². The molecule has 0 saturated carbocycles. The molecule has 0 amide bonds. The van der Waals surface area contributed by atoms with E-state index in [9.17, 15) is 0 Å². The van der Waals surface area contributed by atoms with Crippen molar-refractivity contribution >= 4 is 11.3 Å². The molecule has 6 heteroatoms. The Bertz CT molecular complexity index is 518. The highest BCUT2D eigenvalue weighted by Crippen LogP contribution is 2.12. The third-order valence-electron chi connectivity index (χ3n) is 3.18. The first-order valence-electron chi connectivity index (χ1n) is 6.17. The number of thiazole rings is 1. The fourth-order valence-corrected chi connectivity index (χ4v) is 2.85. The molecule has 3 N–H and O–H groups in total. The zero-order valence-electron chi connectivity index (χ0n) is 10.4. The average molecular weight is 263 g/mol. The number of imidazole rings is 1. The lowest BCUT2D eigenvalue weighted by molar-refractivity contribution is 0.440. The van der Waals surface area contributed by atoms with Crippen molar-refractivity contribution < 1.29 is 0 Å². The Labute approximate surface area is 110 Å². The number of rotatable bonds is 4. The smallest absolute Gasteiger partial charge is 0.0925 e. The molecule has 96 valence electrons. The second kappa shape index (κ2) is 5.17. The molecule has 18 heavy (non-hydrogen) atoms. The number of nitrogens with one attached hydrogen (secondary N) is 3. The van der Waals surface area contributed by atoms with Crippen LogP contribution in [0.5, 0.6) is 0 Å². The maximum absolute atomic E-state index is 4.44. The summed E-state index contributed by atoms with van der Waals surface area (Å²) in [5, 5.41) is 10.2. The van der Waals surface area contributed by atoms with E-state index in [0.717, 1.165) is 36.8 Å². The van der Waals surface area contributed by atoms with Crippen molar-refractivity contribution in [1.29, 1.82) is 0 Å². The molecule has 1 aliphatic rings. The summed E-state index contributed by atoms with van der Waals surface area (Å²) < 4.78 is 0. The van der Waals surface area contributed by atoms with Crippen molar-refractivity contribution in [3.63, 3.8) is 0 Å². The van der Waals surface area contributed by atoms with E-state index in [0.29, 0.717) is 6.04 Å². The maximum Gasteiger partial charge on any atom is 0.0925 e. The molecule has 2 aromatic rings. The van der Waals surface area contributed by atoms with Gasteiger partial charge in [-0.2, -0.15) is 0 Å². The van der Waals surface area contributed by atoms with Crippen LogP contribution < -0.4 is 10.6 Å². The van der Waals surface area contributed by atoms with Crippen molar-refractivity contribution in [3.05, 3.63) is 33.8 Å². The van der Waals surface area contributed by atoms with Gasteiger partial charge in [-0.05, 0) is 6.92 Å². The van der Waals surface area contributed by atoms with Crippen molar-refractivity contribution in [2.75, 3.05) is 6.54 Å². The van der Waals surface area contributed by atoms with Gasteiger partial charge < -0.3 is 15.6 Å². The number of aromatic nitrogens is 3. The van der Waals surface area contributed by atoms with Gasteiger partial charge in [0.15, 0.2) is 0 Å². The minimum absolute atomic E-state index is 0.459. The number of hydrogen-bond acceptors (Lipinski definition) is 5. The molecule has 0 bridgehead atoms. The Hall–Kier alpha value is -1.24. The van der Waals surface area contributed by atoms with Gasteiger partial charge in [0, 0.05) is 37.5 Å². The number of fused-ring (bicyclic) bond motifs is 1. The zero-order valence-corrected chi connectivity index (χ0v) is 11.2. The second-order valence-corrected chi connectivity index (χ2v) is 5.66. The Kier molecular flexibility index (Phi) is 3.40. The number of nitrogens with zero attached hydrogens (tertiary/aromatic N) is 2. The minimum Gasteiger partial charge on any atom is -0.347 e. The van der Waals surface area contributed by atoms with Gasteiger partial charge >= 0.3 is 0 Å². The second-order valence-electron chi connectivity index (χ2n) is 4.60. The fraction of sp³-hybridized carbons (Fsp3) is 0.500. The first-order valence-corrected chi connectivity index (χ1v) is 7.05. The fourth-order valence-electron chi connectivity index (χ4n) is 2.24. The summed E-state index contributed by atoms with van der Waals surface area (Å²) in [4.78, 5) is 11.9. The Morgan fingerprint density at radius 2 is 2.50 bits per heavy atom. The van der Waals surface area contributed by atoms with Crippen LogP contribution in [0.4, 0.5) is 0 Å². The molecule has 0 saturated heterocycles. The molecule has 0 fully saturated rings. The Morgan fingerprint density at radius 3 is 3.33 bits per heavy atom. The van der Waals surface area contributed by atoms with E-state index >= 15 is 0 Å². The van der Waals surface area contributed by atoms with Gasteiger partial charge in [-0.3, -0.25) is 0 Å². The molecule has 1 atom stereocenters. The van der Waals surface area contributed by atoms with Crippen LogP contribution in [0.1, 0.15) is 22.1 Å². The van der Waals surface area contributed by atoms with Crippen LogP contribution in [0, 0.1) is 6.92 Å². The van der Waals surface area contributed by atoms with Crippen molar-refractivity contribution in [2.24, 2.45) is 0 Å². The van der Waals surface area contributed by atoms with Gasteiger partial charge in [0.25, 0.3) is 0 Å². The summed E-state index contributed by atoms with van der Waals surface area (Å²) in [6.45, 7) is 4.71. The van der Waals surface area contributed by atoms with E-state index in [1.54, 1.807) is 17.7 Å². The Balaban J connectivity index is 1.47. The monoisotopic (exact) mass is 263 g/mol. The highest BCUT2D eigenvalue weighted by molar-refractivity contribution is 7.09. The quantitative estimate of drug-likeness (QED) is 0.769. The maximum atomic E-state index is 4.44. The molecule has 1 unspecified atom stereocenters. The number of H-pyrrole nitrogens is 1. The summed E-state index contributed by atoms with van der Waals surface area (Å²) in [5.74, 6) is 0. The standard InChI is InChI=1S/C12H17N5S/c1-8-17-10(6-18-8)4-13-3-9-2-11-12(5-14-9)16-7-15-11/h6-7,9,13-14H,2-5H2,1H3,(H,15,16). The van der Waals surface area contributed by atoms with Crippen LogP contribution in [0.3, 0.4) is 0 Å². The highest BCUT2D eigenvalue weighted by atomic mass is 32.1. The SMILES string of the molecule is Cc1nc(CNCC2Cc3nc[nH]c3CN2)cs1. The van der Waals surface area contributed by atoms with E-state index in [1.165, 1.54) is 11.4 Å². The molecule has 0 aliphatic carbocycles. The normalized spacial score (nSPS) is 18.8. The van der Waals surface area contributed by atoms with E-state index in [1.807, 2.05) is 6.92 Å². The van der Waals surface area contributed by atoms with E-state index in [4.69, 9.17) is 0 Å². The predicted molar refractivity (Wildman–Crippen MR) is 71.5 cm³/mol. The van der Waals surface area contributed by atoms with Crippen LogP contribution >= 0.6 is 11.3 Å². The molecule has 0 spiro atoms. The van der Waals surface area contributed by atoms with Gasteiger partial charge in [0.1, 0.15) is 0 Å². The van der Waals surface area contributed by atoms with E-state index in [-0.39, 0.29) is 0 Å². The first-order chi connectivity index (χ1) is 8.81. The lowest BCUT2D eigenvalue weighted by Gasteiger charge is -2.23. The molecule has 1 aliphatic heterocycles. The molecule has 3 rings (SSSR count). The minimum atomic E-state index is 0.459. The number of hydrogen-bond donors (Lipinski definition) is 3. The first kappa shape index (κ1) is 11.8. The summed E-state index contributed by atoms with van der Waals surface area (Å²) in [6.07, 6.45) is 2.77. The molecule has 3 heterocycles. The van der Waals surface area contributed by atoms with E-state index < -0.39 is 0 Å². The van der Waals surface area contributed by atoms with Crippen molar-refractivity contribution in [1.82, 2.24) is 25.6 Å². The van der Waals surface area contributed by atoms with Crippen molar-refractivity contribution in [3.8, 4) is 0 Å². The van der Waals surface area contributed by atoms with Crippen LogP contribution in [0.2, 0.25) is 0 Å². The third kappa shape index (κ3) is 2.60. The summed E-state index contributed by atoms with van der Waals surface area (Å²) in [7, 11) is 0. The molecule has 0 aromatic carbocycles. The summed E-state index contributed by atoms with van der Waals surface area (Å²) >= 11 is 1.70. The molecule has 0 radical (unpaired) electrons. The van der Waals surface area contributed by atoms with Gasteiger partial charge in [-0.25, -0.2) is 9.97 Å². The molecular weight excluding hydrogens is 246 g/mol. The van der Waals surface area contributed by atoms with Crippen LogP contribution in [-0.2, 0) is 19.5 Å². The summed E-state index contributed by atoms with van der Waals surface area (Å²) in [5.41, 5.74) is 3.56. The summed E-state index contributed by atoms with van der Waals surface area (Å²) in [6, 6.07) is 0.459. The molecular formula is C12H17N5S. The van der Waals surface area contributed by atoms with Crippen molar-refractivity contribution in [2.45, 2.75) is 32.5 Å². The Morgan fingerprint density at radius 1 is 1.56 bits per heavy atom. The van der Waals surface area contributed by atoms with Gasteiger partial charge in [0.05, 0.1) is 28.4 Å². The predicted octanol–water partition coefficient (Wildman–Crippen LogP) is 0.979. The topological polar surface area (TPSA) is 65.6 Å². The van der Waals surface area contributed by atoms with E-state index in [2.05, 4.69) is 31.0 Å². The van der Waals surface area contributed by atoms with Gasteiger partial charge in [-0.15, -0.1) is 11.3 Å². The van der Waals surface area contributed by atoms with Crippen LogP contribution in [0.15, 0.2) is 11.7 Å². The highest BCUT2D eigenvalue weighted by Gasteiger charge is 2.19. The lowest BCUT2D eigenvalue weighted by Crippen LogP contribution is -2.42. The zero-order chi connectivity index (χ0) is 12.4. The lowest BCUT2D eigenvalue weighted by atomic mass is 10.1. The van der Waals surface area contributed by atoms with Gasteiger partial charge in [0.2, 0.25) is 0 Å². The molecule has 2 aromatic heterocycles. The van der Waals surface area contributed by atoms with Crippen LogP contribution in [-0.4, -0.2) is 27.5 Å². The molecule has 5 nitrogen and oxygen atoms in total. The average Bonchev–Trinajstić information content (AvgIpc) is 2.97.